The minimum atomic E-state index is -0.982. The van der Waals surface area contributed by atoms with Gasteiger partial charge in [-0.25, -0.2) is 4.79 Å². The van der Waals surface area contributed by atoms with Crippen molar-refractivity contribution in [3.8, 4) is 11.5 Å². The Labute approximate surface area is 95.1 Å². The number of rotatable bonds is 4. The number of hydrogen-bond acceptors (Lipinski definition) is 3. The van der Waals surface area contributed by atoms with E-state index in [0.29, 0.717) is 11.5 Å². The van der Waals surface area contributed by atoms with Gasteiger partial charge in [-0.05, 0) is 23.8 Å². The fourth-order valence-corrected chi connectivity index (χ4v) is 1.12. The van der Waals surface area contributed by atoms with E-state index in [1.165, 1.54) is 13.2 Å². The summed E-state index contributed by atoms with van der Waals surface area (Å²) in [4.78, 5) is 10.3. The van der Waals surface area contributed by atoms with Gasteiger partial charge >= 0.3 is 5.97 Å². The highest BCUT2D eigenvalue weighted by atomic mass is 16.5. The molecule has 4 nitrogen and oxygen atoms in total. The van der Waals surface area contributed by atoms with E-state index in [2.05, 4.69) is 0 Å². The fraction of sp³-hybridized carbons (Fsp3) is 0.250. The van der Waals surface area contributed by atoms with Gasteiger partial charge in [0, 0.05) is 6.08 Å². The first-order chi connectivity index (χ1) is 7.17. The molecule has 0 heterocycles. The van der Waals surface area contributed by atoms with Gasteiger partial charge in [-0.3, -0.25) is 0 Å². The van der Waals surface area contributed by atoms with E-state index in [4.69, 9.17) is 14.6 Å². The van der Waals surface area contributed by atoms with E-state index in [1.54, 1.807) is 25.3 Å². The van der Waals surface area contributed by atoms with Crippen LogP contribution in [-0.2, 0) is 4.79 Å². The monoisotopic (exact) mass is 224 g/mol. The Hall–Kier alpha value is -1.97. The molecule has 0 aliphatic carbocycles. The van der Waals surface area contributed by atoms with Crippen molar-refractivity contribution in [2.75, 3.05) is 14.2 Å². The van der Waals surface area contributed by atoms with Gasteiger partial charge < -0.3 is 14.6 Å². The molecule has 0 saturated carbocycles. The van der Waals surface area contributed by atoms with Crippen LogP contribution in [0.3, 0.4) is 0 Å². The van der Waals surface area contributed by atoms with Gasteiger partial charge in [0.2, 0.25) is 0 Å². The summed E-state index contributed by atoms with van der Waals surface area (Å²) in [5, 5.41) is 8.46. The van der Waals surface area contributed by atoms with Gasteiger partial charge in [0.15, 0.2) is 11.5 Å². The molecule has 1 rings (SSSR count). The second kappa shape index (κ2) is 6.50. The molecule has 0 fully saturated rings. The number of benzene rings is 1. The number of methoxy groups -OCH3 is 2. The summed E-state index contributed by atoms with van der Waals surface area (Å²) in [7, 11) is 3.08. The van der Waals surface area contributed by atoms with Crippen LogP contribution in [0.4, 0.5) is 0 Å². The van der Waals surface area contributed by atoms with E-state index in [0.717, 1.165) is 11.6 Å². The zero-order valence-corrected chi connectivity index (χ0v) is 8.56. The highest BCUT2D eigenvalue weighted by Crippen LogP contribution is 2.27. The van der Waals surface area contributed by atoms with Crippen LogP contribution in [0.25, 0.3) is 6.08 Å². The van der Waals surface area contributed by atoms with Crippen LogP contribution in [-0.4, -0.2) is 25.3 Å². The molecule has 1 aromatic carbocycles. The maximum atomic E-state index is 10.3. The van der Waals surface area contributed by atoms with E-state index in [-0.39, 0.29) is 7.43 Å². The molecular weight excluding hydrogens is 208 g/mol. The normalized spacial score (nSPS) is 9.62. The SMILES string of the molecule is C.COc1ccc(/C=C/C(=O)O)cc1OC. The molecule has 1 N–H and O–H groups in total. The highest BCUT2D eigenvalue weighted by Gasteiger charge is 2.02. The van der Waals surface area contributed by atoms with Gasteiger partial charge in [0.05, 0.1) is 14.2 Å². The largest absolute Gasteiger partial charge is 0.493 e. The van der Waals surface area contributed by atoms with Crippen molar-refractivity contribution in [2.24, 2.45) is 0 Å². The van der Waals surface area contributed by atoms with Crippen LogP contribution >= 0.6 is 0 Å². The van der Waals surface area contributed by atoms with Crippen LogP contribution in [0, 0.1) is 0 Å². The topological polar surface area (TPSA) is 55.8 Å². The second-order valence-electron chi connectivity index (χ2n) is 2.79. The molecule has 0 aliphatic rings. The lowest BCUT2D eigenvalue weighted by Crippen LogP contribution is -1.91. The predicted molar refractivity (Wildman–Crippen MR) is 62.9 cm³/mol. The summed E-state index contributed by atoms with van der Waals surface area (Å²) >= 11 is 0. The molecule has 0 amide bonds. The van der Waals surface area contributed by atoms with Gasteiger partial charge in [0.25, 0.3) is 0 Å². The van der Waals surface area contributed by atoms with E-state index in [1.807, 2.05) is 0 Å². The van der Waals surface area contributed by atoms with Gasteiger partial charge in [-0.1, -0.05) is 13.5 Å². The Morgan fingerprint density at radius 3 is 2.38 bits per heavy atom. The number of carboxylic acids is 1. The summed E-state index contributed by atoms with van der Waals surface area (Å²) in [6.07, 6.45) is 2.56. The Balaban J connectivity index is 0.00000225. The minimum absolute atomic E-state index is 0. The molecule has 88 valence electrons. The van der Waals surface area contributed by atoms with Crippen LogP contribution in [0.2, 0.25) is 0 Å². The van der Waals surface area contributed by atoms with Gasteiger partial charge in [-0.2, -0.15) is 0 Å². The first-order valence-electron chi connectivity index (χ1n) is 4.30. The zero-order valence-electron chi connectivity index (χ0n) is 8.56. The molecule has 0 bridgehead atoms. The van der Waals surface area contributed by atoms with Gasteiger partial charge in [-0.15, -0.1) is 0 Å². The summed E-state index contributed by atoms with van der Waals surface area (Å²) < 4.78 is 10.1. The van der Waals surface area contributed by atoms with Crippen molar-refractivity contribution < 1.29 is 19.4 Å². The van der Waals surface area contributed by atoms with Crippen LogP contribution in [0.5, 0.6) is 11.5 Å². The first kappa shape index (κ1) is 14.0. The molecule has 16 heavy (non-hydrogen) atoms. The second-order valence-corrected chi connectivity index (χ2v) is 2.79. The number of hydrogen-bond donors (Lipinski definition) is 1. The third-order valence-corrected chi connectivity index (χ3v) is 1.83. The Kier molecular flexibility index (Phi) is 5.70. The number of carbonyl (C=O) groups is 1. The average Bonchev–Trinajstić information content (AvgIpc) is 2.25. The summed E-state index contributed by atoms with van der Waals surface area (Å²) in [6.45, 7) is 0. The molecule has 0 atom stereocenters. The van der Waals surface area contributed by atoms with Crippen molar-refractivity contribution in [1.82, 2.24) is 0 Å². The maximum absolute atomic E-state index is 10.3. The molecule has 0 aromatic heterocycles. The van der Waals surface area contributed by atoms with Crippen molar-refractivity contribution in [1.29, 1.82) is 0 Å². The molecule has 4 heteroatoms. The lowest BCUT2D eigenvalue weighted by Gasteiger charge is -2.07. The van der Waals surface area contributed by atoms with Crippen LogP contribution in [0.1, 0.15) is 13.0 Å². The maximum Gasteiger partial charge on any atom is 0.328 e. The quantitative estimate of drug-likeness (QED) is 0.798. The lowest BCUT2D eigenvalue weighted by atomic mass is 10.2. The Morgan fingerprint density at radius 1 is 1.25 bits per heavy atom. The molecule has 0 saturated heterocycles. The van der Waals surface area contributed by atoms with Gasteiger partial charge in [0.1, 0.15) is 0 Å². The van der Waals surface area contributed by atoms with Crippen molar-refractivity contribution >= 4 is 12.0 Å². The molecule has 0 radical (unpaired) electrons. The third-order valence-electron chi connectivity index (χ3n) is 1.83. The molecule has 0 unspecified atom stereocenters. The highest BCUT2D eigenvalue weighted by molar-refractivity contribution is 5.85. The number of aliphatic carboxylic acids is 1. The molecule has 0 spiro atoms. The third kappa shape index (κ3) is 3.65. The molecule has 1 aromatic rings. The van der Waals surface area contributed by atoms with Crippen molar-refractivity contribution in [3.63, 3.8) is 0 Å². The van der Waals surface area contributed by atoms with E-state index >= 15 is 0 Å². The summed E-state index contributed by atoms with van der Waals surface area (Å²) in [5.41, 5.74) is 0.745. The lowest BCUT2D eigenvalue weighted by molar-refractivity contribution is -0.131. The zero-order chi connectivity index (χ0) is 11.3. The van der Waals surface area contributed by atoms with Crippen molar-refractivity contribution in [3.05, 3.63) is 29.8 Å². The van der Waals surface area contributed by atoms with Crippen LogP contribution < -0.4 is 9.47 Å². The first-order valence-corrected chi connectivity index (χ1v) is 4.30. The summed E-state index contributed by atoms with van der Waals surface area (Å²) in [5.74, 6) is 0.208. The fourth-order valence-electron chi connectivity index (χ4n) is 1.12. The van der Waals surface area contributed by atoms with E-state index in [9.17, 15) is 4.79 Å². The minimum Gasteiger partial charge on any atom is -0.493 e. The summed E-state index contributed by atoms with van der Waals surface area (Å²) in [6, 6.07) is 5.18. The van der Waals surface area contributed by atoms with Crippen LogP contribution in [0.15, 0.2) is 24.3 Å². The number of ether oxygens (including phenoxy) is 2. The predicted octanol–water partition coefficient (Wildman–Crippen LogP) is 2.44. The standard InChI is InChI=1S/C11H12O4.CH4/c1-14-9-5-3-8(4-6-11(12)13)7-10(9)15-2;/h3-7H,1-2H3,(H,12,13);1H4/b6-4+;. The average molecular weight is 224 g/mol. The Bertz CT molecular complexity index is 383. The Morgan fingerprint density at radius 2 is 1.88 bits per heavy atom. The smallest absolute Gasteiger partial charge is 0.328 e. The van der Waals surface area contributed by atoms with Crippen molar-refractivity contribution in [2.45, 2.75) is 7.43 Å². The van der Waals surface area contributed by atoms with E-state index < -0.39 is 5.97 Å². The molecule has 0 aliphatic heterocycles. The molecular formula is C12H16O4. The number of carboxylic acid groups (broad SMARTS) is 1.